The summed E-state index contributed by atoms with van der Waals surface area (Å²) in [6.07, 6.45) is 0.280. The van der Waals surface area contributed by atoms with Crippen LogP contribution in [0.5, 0.6) is 0 Å². The SMILES string of the molecule is CCC(=O)/C(C#N)=N\Nc1ccc(C)cc1. The van der Waals surface area contributed by atoms with Crippen LogP contribution in [0.1, 0.15) is 18.9 Å². The van der Waals surface area contributed by atoms with E-state index in [4.69, 9.17) is 5.26 Å². The van der Waals surface area contributed by atoms with Crippen molar-refractivity contribution in [3.63, 3.8) is 0 Å². The maximum atomic E-state index is 11.2. The van der Waals surface area contributed by atoms with E-state index in [0.29, 0.717) is 0 Å². The molecule has 1 aromatic rings. The Labute approximate surface area is 94.6 Å². The van der Waals surface area contributed by atoms with E-state index in [9.17, 15) is 4.79 Å². The standard InChI is InChI=1S/C12H13N3O/c1-3-12(16)11(8-13)15-14-10-6-4-9(2)5-7-10/h4-7,14H,3H2,1-2H3/b15-11-. The highest BCUT2D eigenvalue weighted by atomic mass is 16.1. The van der Waals surface area contributed by atoms with Gasteiger partial charge in [-0.05, 0) is 19.1 Å². The third kappa shape index (κ3) is 3.21. The molecule has 82 valence electrons. The molecule has 0 saturated heterocycles. The van der Waals surface area contributed by atoms with Gasteiger partial charge in [0.2, 0.25) is 5.71 Å². The van der Waals surface area contributed by atoms with Crippen molar-refractivity contribution >= 4 is 17.2 Å². The number of carbonyl (C=O) groups excluding carboxylic acids is 1. The van der Waals surface area contributed by atoms with Crippen LogP contribution in [0.15, 0.2) is 29.4 Å². The van der Waals surface area contributed by atoms with Crippen molar-refractivity contribution in [2.24, 2.45) is 5.10 Å². The van der Waals surface area contributed by atoms with E-state index in [-0.39, 0.29) is 17.9 Å². The molecule has 16 heavy (non-hydrogen) atoms. The van der Waals surface area contributed by atoms with Crippen LogP contribution >= 0.6 is 0 Å². The largest absolute Gasteiger partial charge is 0.292 e. The highest BCUT2D eigenvalue weighted by Crippen LogP contribution is 2.08. The number of carbonyl (C=O) groups is 1. The van der Waals surface area contributed by atoms with E-state index in [1.807, 2.05) is 31.2 Å². The average molecular weight is 215 g/mol. The number of ketones is 1. The van der Waals surface area contributed by atoms with E-state index < -0.39 is 0 Å². The lowest BCUT2D eigenvalue weighted by Crippen LogP contribution is -2.12. The maximum Gasteiger partial charge on any atom is 0.203 e. The number of anilines is 1. The number of nitrogens with one attached hydrogen (secondary N) is 1. The van der Waals surface area contributed by atoms with Crippen LogP contribution in [0.4, 0.5) is 5.69 Å². The molecule has 0 atom stereocenters. The van der Waals surface area contributed by atoms with Crippen LogP contribution in [-0.2, 0) is 4.79 Å². The molecule has 0 heterocycles. The maximum absolute atomic E-state index is 11.2. The van der Waals surface area contributed by atoms with Crippen LogP contribution in [-0.4, -0.2) is 11.5 Å². The van der Waals surface area contributed by atoms with Crippen LogP contribution in [0.2, 0.25) is 0 Å². The zero-order valence-corrected chi connectivity index (χ0v) is 9.32. The van der Waals surface area contributed by atoms with E-state index in [2.05, 4.69) is 10.5 Å². The minimum Gasteiger partial charge on any atom is -0.292 e. The Morgan fingerprint density at radius 2 is 2.06 bits per heavy atom. The Bertz CT molecular complexity index is 440. The molecule has 0 fully saturated rings. The second-order valence-corrected chi connectivity index (χ2v) is 3.33. The molecule has 0 saturated carbocycles. The topological polar surface area (TPSA) is 65.2 Å². The molecular weight excluding hydrogens is 202 g/mol. The van der Waals surface area contributed by atoms with Gasteiger partial charge in [0, 0.05) is 6.42 Å². The number of nitriles is 1. The minimum absolute atomic E-state index is 0.0944. The third-order valence-electron chi connectivity index (χ3n) is 2.04. The molecule has 0 unspecified atom stereocenters. The first-order valence-electron chi connectivity index (χ1n) is 5.01. The minimum atomic E-state index is -0.262. The smallest absolute Gasteiger partial charge is 0.203 e. The highest BCUT2D eigenvalue weighted by Gasteiger charge is 2.07. The monoisotopic (exact) mass is 215 g/mol. The molecule has 1 rings (SSSR count). The molecule has 0 amide bonds. The van der Waals surface area contributed by atoms with Crippen molar-refractivity contribution < 1.29 is 4.79 Å². The Balaban J connectivity index is 2.75. The van der Waals surface area contributed by atoms with Crippen molar-refractivity contribution in [2.45, 2.75) is 20.3 Å². The van der Waals surface area contributed by atoms with Gasteiger partial charge in [0.1, 0.15) is 6.07 Å². The lowest BCUT2D eigenvalue weighted by molar-refractivity contribution is -0.112. The fourth-order valence-electron chi connectivity index (χ4n) is 1.07. The normalized spacial score (nSPS) is 10.7. The summed E-state index contributed by atoms with van der Waals surface area (Å²) >= 11 is 0. The van der Waals surface area contributed by atoms with Gasteiger partial charge in [0.05, 0.1) is 5.69 Å². The molecule has 0 aromatic heterocycles. The van der Waals surface area contributed by atoms with Crippen LogP contribution in [0, 0.1) is 18.3 Å². The van der Waals surface area contributed by atoms with E-state index in [1.165, 1.54) is 0 Å². The van der Waals surface area contributed by atoms with Gasteiger partial charge in [-0.3, -0.25) is 10.2 Å². The lowest BCUT2D eigenvalue weighted by atomic mass is 10.2. The van der Waals surface area contributed by atoms with Gasteiger partial charge >= 0.3 is 0 Å². The van der Waals surface area contributed by atoms with Crippen molar-refractivity contribution in [1.29, 1.82) is 5.26 Å². The predicted octanol–water partition coefficient (Wildman–Crippen LogP) is 2.27. The summed E-state index contributed by atoms with van der Waals surface area (Å²) in [4.78, 5) is 11.2. The molecular formula is C12H13N3O. The molecule has 1 aromatic carbocycles. The van der Waals surface area contributed by atoms with Crippen LogP contribution in [0.3, 0.4) is 0 Å². The first kappa shape index (κ1) is 11.9. The number of benzene rings is 1. The number of rotatable bonds is 4. The number of hydrazone groups is 1. The van der Waals surface area contributed by atoms with E-state index in [1.54, 1.807) is 13.0 Å². The van der Waals surface area contributed by atoms with Gasteiger partial charge in [-0.15, -0.1) is 0 Å². The van der Waals surface area contributed by atoms with Crippen LogP contribution < -0.4 is 5.43 Å². The second-order valence-electron chi connectivity index (χ2n) is 3.33. The quantitative estimate of drug-likeness (QED) is 0.619. The first-order chi connectivity index (χ1) is 7.67. The molecule has 0 aliphatic heterocycles. The van der Waals surface area contributed by atoms with Crippen molar-refractivity contribution in [3.8, 4) is 6.07 Å². The fraction of sp³-hybridized carbons (Fsp3) is 0.250. The summed E-state index contributed by atoms with van der Waals surface area (Å²) in [5.74, 6) is -0.262. The highest BCUT2D eigenvalue weighted by molar-refractivity contribution is 6.46. The van der Waals surface area contributed by atoms with Gasteiger partial charge in [-0.2, -0.15) is 10.4 Å². The number of hydrogen-bond donors (Lipinski definition) is 1. The van der Waals surface area contributed by atoms with Crippen LogP contribution in [0.25, 0.3) is 0 Å². The Hall–Kier alpha value is -2.15. The summed E-state index contributed by atoms with van der Waals surface area (Å²) in [6, 6.07) is 9.29. The van der Waals surface area contributed by atoms with Crippen molar-refractivity contribution in [2.75, 3.05) is 5.43 Å². The summed E-state index contributed by atoms with van der Waals surface area (Å²) < 4.78 is 0. The van der Waals surface area contributed by atoms with Gasteiger partial charge in [0.25, 0.3) is 0 Å². The summed E-state index contributed by atoms with van der Waals surface area (Å²) in [5.41, 5.74) is 4.48. The lowest BCUT2D eigenvalue weighted by Gasteiger charge is -2.00. The Kier molecular flexibility index (Phi) is 4.22. The zero-order valence-electron chi connectivity index (χ0n) is 9.32. The molecule has 0 radical (unpaired) electrons. The van der Waals surface area contributed by atoms with Gasteiger partial charge in [-0.1, -0.05) is 24.6 Å². The predicted molar refractivity (Wildman–Crippen MR) is 63.1 cm³/mol. The number of aryl methyl sites for hydroxylation is 1. The zero-order chi connectivity index (χ0) is 12.0. The molecule has 4 heteroatoms. The molecule has 0 aliphatic carbocycles. The number of nitrogens with zero attached hydrogens (tertiary/aromatic N) is 2. The van der Waals surface area contributed by atoms with Crippen molar-refractivity contribution in [1.82, 2.24) is 0 Å². The number of Topliss-reactive ketones (excluding diaryl/α,β-unsaturated/α-hetero) is 1. The molecule has 0 bridgehead atoms. The van der Waals surface area contributed by atoms with E-state index >= 15 is 0 Å². The Morgan fingerprint density at radius 3 is 2.56 bits per heavy atom. The molecule has 0 spiro atoms. The molecule has 1 N–H and O–H groups in total. The Morgan fingerprint density at radius 1 is 1.44 bits per heavy atom. The fourth-order valence-corrected chi connectivity index (χ4v) is 1.07. The summed E-state index contributed by atoms with van der Waals surface area (Å²) in [6.45, 7) is 3.68. The first-order valence-corrected chi connectivity index (χ1v) is 5.01. The molecule has 0 aliphatic rings. The third-order valence-corrected chi connectivity index (χ3v) is 2.04. The van der Waals surface area contributed by atoms with Crippen molar-refractivity contribution in [3.05, 3.63) is 29.8 Å². The van der Waals surface area contributed by atoms with E-state index in [0.717, 1.165) is 11.3 Å². The summed E-state index contributed by atoms with van der Waals surface area (Å²) in [7, 11) is 0. The molecule has 4 nitrogen and oxygen atoms in total. The second kappa shape index (κ2) is 5.66. The average Bonchev–Trinajstić information content (AvgIpc) is 2.31. The summed E-state index contributed by atoms with van der Waals surface area (Å²) in [5, 5.41) is 12.5. The van der Waals surface area contributed by atoms with Gasteiger partial charge < -0.3 is 0 Å². The van der Waals surface area contributed by atoms with Gasteiger partial charge in [-0.25, -0.2) is 0 Å². The van der Waals surface area contributed by atoms with Gasteiger partial charge in [0.15, 0.2) is 5.78 Å². The number of hydrogen-bond acceptors (Lipinski definition) is 4.